The van der Waals surface area contributed by atoms with Crippen molar-refractivity contribution in [3.05, 3.63) is 59.2 Å². The molecule has 1 heterocycles. The number of carbonyl (C=O) groups excluding carboxylic acids is 1. The molecule has 0 unspecified atom stereocenters. The zero-order valence-electron chi connectivity index (χ0n) is 19.0. The highest BCUT2D eigenvalue weighted by Crippen LogP contribution is 2.36. The first-order valence-electron chi connectivity index (χ1n) is 10.5. The van der Waals surface area contributed by atoms with E-state index in [0.29, 0.717) is 18.7 Å². The van der Waals surface area contributed by atoms with Crippen LogP contribution in [-0.2, 0) is 12.0 Å². The van der Waals surface area contributed by atoms with E-state index in [9.17, 15) is 4.79 Å². The van der Waals surface area contributed by atoms with Crippen molar-refractivity contribution in [3.8, 4) is 11.5 Å². The van der Waals surface area contributed by atoms with E-state index in [1.165, 1.54) is 5.56 Å². The fraction of sp³-hybridized carbons (Fsp3) is 0.417. The Kier molecular flexibility index (Phi) is 7.05. The van der Waals surface area contributed by atoms with Gasteiger partial charge in [-0.05, 0) is 42.3 Å². The molecule has 1 aliphatic heterocycles. The molecule has 166 valence electrons. The number of hydrogen-bond acceptors (Lipinski definition) is 4. The lowest BCUT2D eigenvalue weighted by Crippen LogP contribution is -2.43. The van der Waals surface area contributed by atoms with Crippen molar-refractivity contribution in [2.45, 2.75) is 32.7 Å². The lowest BCUT2D eigenvalue weighted by atomic mass is 9.84. The van der Waals surface area contributed by atoms with Crippen LogP contribution in [0, 0.1) is 0 Å². The number of nitrogens with zero attached hydrogens (tertiary/aromatic N) is 2. The topological polar surface area (TPSA) is 75.2 Å². The monoisotopic (exact) mass is 424 g/mol. The summed E-state index contributed by atoms with van der Waals surface area (Å²) in [6.45, 7) is 8.68. The van der Waals surface area contributed by atoms with Crippen LogP contribution < -0.4 is 20.1 Å². The zero-order chi connectivity index (χ0) is 22.4. The van der Waals surface area contributed by atoms with Crippen LogP contribution in [0.15, 0.2) is 47.5 Å². The molecule has 0 radical (unpaired) electrons. The molecule has 2 N–H and O–H groups in total. The van der Waals surface area contributed by atoms with Gasteiger partial charge in [0.05, 0.1) is 6.54 Å². The normalized spacial score (nSPS) is 13.1. The van der Waals surface area contributed by atoms with Gasteiger partial charge >= 0.3 is 0 Å². The van der Waals surface area contributed by atoms with E-state index in [1.54, 1.807) is 19.0 Å². The summed E-state index contributed by atoms with van der Waals surface area (Å²) in [7, 11) is 3.50. The number of hydrogen-bond donors (Lipinski definition) is 2. The van der Waals surface area contributed by atoms with Gasteiger partial charge in [0.2, 0.25) is 6.79 Å². The minimum Gasteiger partial charge on any atom is -0.454 e. The quantitative estimate of drug-likeness (QED) is 0.528. The molecule has 0 atom stereocenters. The van der Waals surface area contributed by atoms with Gasteiger partial charge in [0.15, 0.2) is 17.5 Å². The Bertz CT molecular complexity index is 936. The molecule has 3 rings (SSSR count). The Balaban J connectivity index is 1.63. The van der Waals surface area contributed by atoms with Gasteiger partial charge in [0.25, 0.3) is 5.91 Å². The van der Waals surface area contributed by atoms with E-state index >= 15 is 0 Å². The van der Waals surface area contributed by atoms with Gasteiger partial charge < -0.3 is 25.0 Å². The molecular formula is C24H32N4O3. The molecule has 0 saturated carbocycles. The summed E-state index contributed by atoms with van der Waals surface area (Å²) >= 11 is 0. The van der Waals surface area contributed by atoms with Crippen molar-refractivity contribution >= 4 is 11.9 Å². The highest BCUT2D eigenvalue weighted by atomic mass is 16.7. The van der Waals surface area contributed by atoms with Crippen LogP contribution in [0.2, 0.25) is 0 Å². The van der Waals surface area contributed by atoms with Crippen molar-refractivity contribution in [1.29, 1.82) is 0 Å². The Labute approximate surface area is 184 Å². The molecule has 0 spiro atoms. The maximum Gasteiger partial charge on any atom is 0.253 e. The smallest absolute Gasteiger partial charge is 0.253 e. The van der Waals surface area contributed by atoms with E-state index in [-0.39, 0.29) is 18.1 Å². The average molecular weight is 425 g/mol. The number of amides is 1. The summed E-state index contributed by atoms with van der Waals surface area (Å²) in [5.74, 6) is 2.34. The van der Waals surface area contributed by atoms with Crippen LogP contribution in [0.4, 0.5) is 0 Å². The Morgan fingerprint density at radius 3 is 2.45 bits per heavy atom. The minimum atomic E-state index is -0.134. The molecule has 7 nitrogen and oxygen atoms in total. The molecule has 0 bridgehead atoms. The predicted octanol–water partition coefficient (Wildman–Crippen LogP) is 3.15. The Hall–Kier alpha value is -3.22. The number of nitrogens with one attached hydrogen (secondary N) is 2. The van der Waals surface area contributed by atoms with E-state index in [1.807, 2.05) is 43.3 Å². The molecule has 2 aromatic carbocycles. The summed E-state index contributed by atoms with van der Waals surface area (Å²) in [6, 6.07) is 13.7. The summed E-state index contributed by atoms with van der Waals surface area (Å²) in [6.07, 6.45) is 0. The first-order chi connectivity index (χ1) is 14.8. The van der Waals surface area contributed by atoms with Crippen LogP contribution in [0.5, 0.6) is 11.5 Å². The van der Waals surface area contributed by atoms with Crippen LogP contribution >= 0.6 is 0 Å². The SMILES string of the molecule is CCNC(=NCc1ccc(C(=O)N(C)C)cc1)NCC(C)(C)c1ccc2c(c1)OCO2. The van der Waals surface area contributed by atoms with Gasteiger partial charge in [0.1, 0.15) is 0 Å². The van der Waals surface area contributed by atoms with Crippen molar-refractivity contribution in [3.63, 3.8) is 0 Å². The third-order valence-corrected chi connectivity index (χ3v) is 5.22. The fourth-order valence-electron chi connectivity index (χ4n) is 3.25. The molecule has 2 aromatic rings. The van der Waals surface area contributed by atoms with Crippen LogP contribution in [0.25, 0.3) is 0 Å². The molecule has 31 heavy (non-hydrogen) atoms. The van der Waals surface area contributed by atoms with E-state index in [2.05, 4.69) is 30.5 Å². The molecule has 7 heteroatoms. The second kappa shape index (κ2) is 9.73. The second-order valence-corrected chi connectivity index (χ2v) is 8.40. The van der Waals surface area contributed by atoms with Crippen LogP contribution in [0.3, 0.4) is 0 Å². The van der Waals surface area contributed by atoms with Gasteiger partial charge in [-0.15, -0.1) is 0 Å². The van der Waals surface area contributed by atoms with Gasteiger partial charge in [-0.25, -0.2) is 4.99 Å². The number of ether oxygens (including phenoxy) is 2. The predicted molar refractivity (Wildman–Crippen MR) is 123 cm³/mol. The largest absolute Gasteiger partial charge is 0.454 e. The summed E-state index contributed by atoms with van der Waals surface area (Å²) in [5, 5.41) is 6.74. The van der Waals surface area contributed by atoms with Gasteiger partial charge in [-0.1, -0.05) is 32.0 Å². The summed E-state index contributed by atoms with van der Waals surface area (Å²) in [5.41, 5.74) is 2.75. The first-order valence-corrected chi connectivity index (χ1v) is 10.5. The summed E-state index contributed by atoms with van der Waals surface area (Å²) in [4.78, 5) is 18.3. The number of carbonyl (C=O) groups is 1. The van der Waals surface area contributed by atoms with E-state index in [0.717, 1.165) is 29.6 Å². The van der Waals surface area contributed by atoms with E-state index < -0.39 is 0 Å². The average Bonchev–Trinajstić information content (AvgIpc) is 3.23. The number of fused-ring (bicyclic) bond motifs is 1. The second-order valence-electron chi connectivity index (χ2n) is 8.40. The Morgan fingerprint density at radius 1 is 1.06 bits per heavy atom. The van der Waals surface area contributed by atoms with Crippen molar-refractivity contribution in [2.75, 3.05) is 34.0 Å². The number of benzene rings is 2. The van der Waals surface area contributed by atoms with Crippen LogP contribution in [0.1, 0.15) is 42.3 Å². The lowest BCUT2D eigenvalue weighted by Gasteiger charge is -2.27. The minimum absolute atomic E-state index is 0.00388. The standard InChI is InChI=1S/C24H32N4O3/c1-6-25-23(26-14-17-7-9-18(10-8-17)22(29)28(4)5)27-15-24(2,3)19-11-12-20-21(13-19)31-16-30-20/h7-13H,6,14-16H2,1-5H3,(H2,25,26,27). The van der Waals surface area contributed by atoms with Gasteiger partial charge in [-0.3, -0.25) is 4.79 Å². The van der Waals surface area contributed by atoms with E-state index in [4.69, 9.17) is 14.5 Å². The summed E-state index contributed by atoms with van der Waals surface area (Å²) < 4.78 is 10.9. The maximum atomic E-state index is 12.0. The lowest BCUT2D eigenvalue weighted by molar-refractivity contribution is 0.0827. The zero-order valence-corrected chi connectivity index (χ0v) is 19.0. The van der Waals surface area contributed by atoms with Crippen LogP contribution in [-0.4, -0.2) is 50.7 Å². The maximum absolute atomic E-state index is 12.0. The molecule has 1 aliphatic rings. The number of rotatable bonds is 7. The molecular weight excluding hydrogens is 392 g/mol. The molecule has 1 amide bonds. The number of guanidine groups is 1. The molecule has 0 aliphatic carbocycles. The third kappa shape index (κ3) is 5.69. The Morgan fingerprint density at radius 2 is 1.77 bits per heavy atom. The van der Waals surface area contributed by atoms with Gasteiger partial charge in [-0.2, -0.15) is 0 Å². The molecule has 0 fully saturated rings. The van der Waals surface area contributed by atoms with Gasteiger partial charge in [0, 0.05) is 38.2 Å². The van der Waals surface area contributed by atoms with Crippen molar-refractivity contribution in [2.24, 2.45) is 4.99 Å². The molecule has 0 aromatic heterocycles. The van der Waals surface area contributed by atoms with Crippen molar-refractivity contribution in [1.82, 2.24) is 15.5 Å². The highest BCUT2D eigenvalue weighted by molar-refractivity contribution is 5.93. The number of aliphatic imine (C=N–C) groups is 1. The highest BCUT2D eigenvalue weighted by Gasteiger charge is 2.24. The fourth-order valence-corrected chi connectivity index (χ4v) is 3.25. The van der Waals surface area contributed by atoms with Crippen molar-refractivity contribution < 1.29 is 14.3 Å². The molecule has 0 saturated heterocycles. The third-order valence-electron chi connectivity index (χ3n) is 5.22. The first kappa shape index (κ1) is 22.5.